The summed E-state index contributed by atoms with van der Waals surface area (Å²) < 4.78 is 25.2. The lowest BCUT2D eigenvalue weighted by molar-refractivity contribution is 0.566. The maximum atomic E-state index is 11.4. The first kappa shape index (κ1) is 13.3. The molecular formula is C12H16N2O2S2. The van der Waals surface area contributed by atoms with Crippen LogP contribution >= 0.6 is 12.2 Å². The number of benzene rings is 1. The summed E-state index contributed by atoms with van der Waals surface area (Å²) >= 11 is 5.27. The standard InChI is InChI=1S/C12H16N2O2S2/c1-8-4-5-11-10(6-8)13-12(17)14(11)9(2)7-18(3,15)16/h4-6,9H,7H2,1-3H3,(H,13,17). The summed E-state index contributed by atoms with van der Waals surface area (Å²) in [6, 6.07) is 5.79. The number of imidazole rings is 1. The minimum absolute atomic E-state index is 0.0855. The maximum Gasteiger partial charge on any atom is 0.178 e. The fraction of sp³-hybridized carbons (Fsp3) is 0.417. The predicted octanol–water partition coefficient (Wildman–Crippen LogP) is 2.61. The van der Waals surface area contributed by atoms with Crippen molar-refractivity contribution < 1.29 is 8.42 Å². The van der Waals surface area contributed by atoms with Gasteiger partial charge < -0.3 is 9.55 Å². The number of aromatic nitrogens is 2. The van der Waals surface area contributed by atoms with Crippen LogP contribution < -0.4 is 0 Å². The molecule has 1 N–H and O–H groups in total. The molecule has 4 nitrogen and oxygen atoms in total. The van der Waals surface area contributed by atoms with Crippen molar-refractivity contribution in [3.8, 4) is 0 Å². The number of aryl methyl sites for hydroxylation is 1. The van der Waals surface area contributed by atoms with Gasteiger partial charge in [0.25, 0.3) is 0 Å². The van der Waals surface area contributed by atoms with Gasteiger partial charge in [0.05, 0.1) is 16.8 Å². The fourth-order valence-electron chi connectivity index (χ4n) is 2.20. The highest BCUT2D eigenvalue weighted by molar-refractivity contribution is 7.90. The smallest absolute Gasteiger partial charge is 0.178 e. The van der Waals surface area contributed by atoms with Crippen molar-refractivity contribution >= 4 is 33.1 Å². The van der Waals surface area contributed by atoms with E-state index in [1.165, 1.54) is 6.26 Å². The molecule has 1 aromatic heterocycles. The van der Waals surface area contributed by atoms with Crippen LogP contribution in [0.2, 0.25) is 0 Å². The summed E-state index contributed by atoms with van der Waals surface area (Å²) in [5.41, 5.74) is 3.03. The summed E-state index contributed by atoms with van der Waals surface area (Å²) in [6.45, 7) is 3.87. The van der Waals surface area contributed by atoms with E-state index in [0.29, 0.717) is 4.77 Å². The molecule has 0 radical (unpaired) electrons. The Hall–Kier alpha value is -1.14. The van der Waals surface area contributed by atoms with Gasteiger partial charge in [0.15, 0.2) is 4.77 Å². The molecule has 0 bridgehead atoms. The Morgan fingerprint density at radius 1 is 1.44 bits per heavy atom. The minimum Gasteiger partial charge on any atom is -0.331 e. The molecule has 1 heterocycles. The number of hydrogen-bond donors (Lipinski definition) is 1. The molecule has 1 atom stereocenters. The Labute approximate surface area is 112 Å². The molecular weight excluding hydrogens is 268 g/mol. The molecule has 2 aromatic rings. The zero-order chi connectivity index (χ0) is 13.5. The summed E-state index contributed by atoms with van der Waals surface area (Å²) in [7, 11) is -3.02. The third-order valence-corrected chi connectivity index (χ3v) is 4.24. The van der Waals surface area contributed by atoms with Gasteiger partial charge >= 0.3 is 0 Å². The highest BCUT2D eigenvalue weighted by Crippen LogP contribution is 2.21. The molecule has 1 unspecified atom stereocenters. The van der Waals surface area contributed by atoms with Crippen LogP contribution in [0.1, 0.15) is 18.5 Å². The third kappa shape index (κ3) is 2.64. The van der Waals surface area contributed by atoms with Gasteiger partial charge in [-0.2, -0.15) is 0 Å². The first-order valence-corrected chi connectivity index (χ1v) is 8.13. The predicted molar refractivity (Wildman–Crippen MR) is 76.3 cm³/mol. The molecule has 0 amide bonds. The van der Waals surface area contributed by atoms with Crippen molar-refractivity contribution in [3.05, 3.63) is 28.5 Å². The van der Waals surface area contributed by atoms with Crippen molar-refractivity contribution in [1.29, 1.82) is 0 Å². The summed E-state index contributed by atoms with van der Waals surface area (Å²) in [5.74, 6) is 0.0855. The van der Waals surface area contributed by atoms with E-state index >= 15 is 0 Å². The van der Waals surface area contributed by atoms with Gasteiger partial charge in [-0.1, -0.05) is 6.07 Å². The molecule has 0 aliphatic carbocycles. The third-order valence-electron chi connectivity index (χ3n) is 2.86. The number of nitrogens with zero attached hydrogens (tertiary/aromatic N) is 1. The highest BCUT2D eigenvalue weighted by Gasteiger charge is 2.15. The Balaban J connectivity index is 2.57. The molecule has 0 fully saturated rings. The fourth-order valence-corrected chi connectivity index (χ4v) is 3.61. The quantitative estimate of drug-likeness (QED) is 0.882. The first-order chi connectivity index (χ1) is 8.28. The SMILES string of the molecule is Cc1ccc2c(c1)[nH]c(=S)n2C(C)CS(C)(=O)=O. The number of H-pyrrole nitrogens is 1. The van der Waals surface area contributed by atoms with Crippen LogP contribution in [0.3, 0.4) is 0 Å². The molecule has 0 aliphatic heterocycles. The zero-order valence-electron chi connectivity index (χ0n) is 10.6. The van der Waals surface area contributed by atoms with E-state index < -0.39 is 9.84 Å². The van der Waals surface area contributed by atoms with E-state index in [4.69, 9.17) is 12.2 Å². The van der Waals surface area contributed by atoms with Crippen LogP contribution in [0.5, 0.6) is 0 Å². The molecule has 0 saturated heterocycles. The lowest BCUT2D eigenvalue weighted by Crippen LogP contribution is -2.16. The van der Waals surface area contributed by atoms with Crippen molar-refractivity contribution in [3.63, 3.8) is 0 Å². The number of aromatic amines is 1. The van der Waals surface area contributed by atoms with Gasteiger partial charge in [-0.15, -0.1) is 0 Å². The van der Waals surface area contributed by atoms with Gasteiger partial charge in [0.2, 0.25) is 0 Å². The molecule has 0 saturated carbocycles. The first-order valence-electron chi connectivity index (χ1n) is 5.66. The van der Waals surface area contributed by atoms with Crippen molar-refractivity contribution in [2.45, 2.75) is 19.9 Å². The molecule has 6 heteroatoms. The second-order valence-electron chi connectivity index (χ2n) is 4.76. The molecule has 0 aliphatic rings. The maximum absolute atomic E-state index is 11.4. The van der Waals surface area contributed by atoms with E-state index in [9.17, 15) is 8.42 Å². The van der Waals surface area contributed by atoms with E-state index in [0.717, 1.165) is 16.6 Å². The number of nitrogens with one attached hydrogen (secondary N) is 1. The second kappa shape index (κ2) is 4.51. The Morgan fingerprint density at radius 3 is 2.72 bits per heavy atom. The minimum atomic E-state index is -3.02. The van der Waals surface area contributed by atoms with Crippen molar-refractivity contribution in [2.75, 3.05) is 12.0 Å². The Morgan fingerprint density at radius 2 is 2.11 bits per heavy atom. The van der Waals surface area contributed by atoms with E-state index in [2.05, 4.69) is 4.98 Å². The Kier molecular flexibility index (Phi) is 3.33. The van der Waals surface area contributed by atoms with Gasteiger partial charge in [-0.25, -0.2) is 8.42 Å². The summed E-state index contributed by atoms with van der Waals surface area (Å²) in [4.78, 5) is 3.12. The molecule has 18 heavy (non-hydrogen) atoms. The number of hydrogen-bond acceptors (Lipinski definition) is 3. The van der Waals surface area contributed by atoms with Crippen LogP contribution in [0.25, 0.3) is 11.0 Å². The zero-order valence-corrected chi connectivity index (χ0v) is 12.2. The summed E-state index contributed by atoms with van der Waals surface area (Å²) in [5, 5.41) is 0. The Bertz CT molecular complexity index is 741. The van der Waals surface area contributed by atoms with E-state index in [1.54, 1.807) is 0 Å². The average Bonchev–Trinajstić information content (AvgIpc) is 2.50. The number of fused-ring (bicyclic) bond motifs is 1. The van der Waals surface area contributed by atoms with E-state index in [-0.39, 0.29) is 11.8 Å². The lowest BCUT2D eigenvalue weighted by Gasteiger charge is -2.13. The lowest BCUT2D eigenvalue weighted by atomic mass is 10.2. The largest absolute Gasteiger partial charge is 0.331 e. The van der Waals surface area contributed by atoms with Gasteiger partial charge in [0, 0.05) is 12.3 Å². The summed E-state index contributed by atoms with van der Waals surface area (Å²) in [6.07, 6.45) is 1.24. The topological polar surface area (TPSA) is 54.9 Å². The molecule has 2 rings (SSSR count). The monoisotopic (exact) mass is 284 g/mol. The number of rotatable bonds is 3. The average molecular weight is 284 g/mol. The molecule has 98 valence electrons. The molecule has 1 aromatic carbocycles. The van der Waals surface area contributed by atoms with Gasteiger partial charge in [-0.3, -0.25) is 0 Å². The van der Waals surface area contributed by atoms with Crippen LogP contribution in [-0.2, 0) is 9.84 Å². The van der Waals surface area contributed by atoms with Gasteiger partial charge in [-0.05, 0) is 43.8 Å². The highest BCUT2D eigenvalue weighted by atomic mass is 32.2. The molecule has 0 spiro atoms. The van der Waals surface area contributed by atoms with Crippen LogP contribution in [-0.4, -0.2) is 30.0 Å². The van der Waals surface area contributed by atoms with Crippen LogP contribution in [0.4, 0.5) is 0 Å². The van der Waals surface area contributed by atoms with Crippen LogP contribution in [0.15, 0.2) is 18.2 Å². The number of sulfone groups is 1. The van der Waals surface area contributed by atoms with Gasteiger partial charge in [0.1, 0.15) is 9.84 Å². The van der Waals surface area contributed by atoms with Crippen LogP contribution in [0, 0.1) is 11.7 Å². The second-order valence-corrected chi connectivity index (χ2v) is 7.33. The normalized spacial score (nSPS) is 13.9. The van der Waals surface area contributed by atoms with E-state index in [1.807, 2.05) is 36.6 Å². The van der Waals surface area contributed by atoms with Crippen molar-refractivity contribution in [1.82, 2.24) is 9.55 Å². The van der Waals surface area contributed by atoms with Crippen molar-refractivity contribution in [2.24, 2.45) is 0 Å².